The van der Waals surface area contributed by atoms with Gasteiger partial charge in [0.05, 0.1) is 11.3 Å². The van der Waals surface area contributed by atoms with Crippen molar-refractivity contribution in [3.05, 3.63) is 41.2 Å². The summed E-state index contributed by atoms with van der Waals surface area (Å²) < 4.78 is 37.2. The number of aliphatic hydroxyl groups excluding tert-OH is 1. The lowest BCUT2D eigenvalue weighted by atomic mass is 10.2. The standard InChI is InChI=1S/C12H5F3N2O3/c13-12(14,15)6-1-3-7(4-2-6)17-10(19)8(5-16)9(18)11(17)20/h1-4,18H. The smallest absolute Gasteiger partial charge is 0.416 e. The Morgan fingerprint density at radius 3 is 2.05 bits per heavy atom. The SMILES string of the molecule is N#CC1=C(O)C(=O)N(c2ccc(C(F)(F)F)cc2)C1=O. The van der Waals surface area contributed by atoms with Gasteiger partial charge in [-0.05, 0) is 24.3 Å². The van der Waals surface area contributed by atoms with Gasteiger partial charge < -0.3 is 5.11 Å². The van der Waals surface area contributed by atoms with Crippen LogP contribution in [0.2, 0.25) is 0 Å². The molecule has 0 bridgehead atoms. The molecule has 0 atom stereocenters. The van der Waals surface area contributed by atoms with Crippen LogP contribution in [0, 0.1) is 11.3 Å². The van der Waals surface area contributed by atoms with Crippen LogP contribution in [0.15, 0.2) is 35.6 Å². The van der Waals surface area contributed by atoms with Crippen LogP contribution < -0.4 is 4.90 Å². The Morgan fingerprint density at radius 2 is 1.65 bits per heavy atom. The number of carbonyl (C=O) groups is 2. The summed E-state index contributed by atoms with van der Waals surface area (Å²) in [4.78, 5) is 23.7. The van der Waals surface area contributed by atoms with Gasteiger partial charge in [0, 0.05) is 0 Å². The number of alkyl halides is 3. The summed E-state index contributed by atoms with van der Waals surface area (Å²) in [5, 5.41) is 17.9. The monoisotopic (exact) mass is 282 g/mol. The molecule has 1 aromatic rings. The minimum atomic E-state index is -4.55. The number of nitriles is 1. The highest BCUT2D eigenvalue weighted by molar-refractivity contribution is 6.33. The van der Waals surface area contributed by atoms with E-state index in [0.717, 1.165) is 12.1 Å². The fraction of sp³-hybridized carbons (Fsp3) is 0.0833. The average Bonchev–Trinajstić information content (AvgIpc) is 2.59. The van der Waals surface area contributed by atoms with E-state index >= 15 is 0 Å². The van der Waals surface area contributed by atoms with E-state index in [1.54, 1.807) is 0 Å². The maximum absolute atomic E-state index is 12.4. The van der Waals surface area contributed by atoms with Gasteiger partial charge in [0.15, 0.2) is 5.57 Å². The molecule has 0 saturated carbocycles. The molecule has 0 spiro atoms. The van der Waals surface area contributed by atoms with Gasteiger partial charge in [-0.2, -0.15) is 18.4 Å². The molecule has 0 radical (unpaired) electrons. The molecule has 0 saturated heterocycles. The molecular weight excluding hydrogens is 277 g/mol. The molecule has 20 heavy (non-hydrogen) atoms. The molecular formula is C12H5F3N2O3. The van der Waals surface area contributed by atoms with Crippen LogP contribution in [-0.4, -0.2) is 16.9 Å². The lowest BCUT2D eigenvalue weighted by molar-refractivity contribution is -0.137. The Hall–Kier alpha value is -2.82. The number of aliphatic hydroxyl groups is 1. The first-order chi connectivity index (χ1) is 9.27. The first-order valence-corrected chi connectivity index (χ1v) is 5.16. The van der Waals surface area contributed by atoms with Gasteiger partial charge in [0.25, 0.3) is 5.91 Å². The van der Waals surface area contributed by atoms with Crippen molar-refractivity contribution >= 4 is 17.5 Å². The van der Waals surface area contributed by atoms with E-state index in [0.29, 0.717) is 17.0 Å². The maximum Gasteiger partial charge on any atom is 0.416 e. The summed E-state index contributed by atoms with van der Waals surface area (Å²) in [6.45, 7) is 0. The van der Waals surface area contributed by atoms with Gasteiger partial charge in [-0.25, -0.2) is 4.90 Å². The van der Waals surface area contributed by atoms with Crippen molar-refractivity contribution in [1.29, 1.82) is 5.26 Å². The minimum Gasteiger partial charge on any atom is -0.502 e. The molecule has 5 nitrogen and oxygen atoms in total. The Kier molecular flexibility index (Phi) is 2.98. The van der Waals surface area contributed by atoms with E-state index in [1.807, 2.05) is 0 Å². The summed E-state index contributed by atoms with van der Waals surface area (Å²) in [5.74, 6) is -3.24. The van der Waals surface area contributed by atoms with Crippen LogP contribution in [0.25, 0.3) is 0 Å². The van der Waals surface area contributed by atoms with Crippen molar-refractivity contribution in [2.45, 2.75) is 6.18 Å². The zero-order valence-corrected chi connectivity index (χ0v) is 9.60. The molecule has 1 N–H and O–H groups in total. The van der Waals surface area contributed by atoms with Crippen molar-refractivity contribution in [3.63, 3.8) is 0 Å². The van der Waals surface area contributed by atoms with Crippen LogP contribution in [0.4, 0.5) is 18.9 Å². The molecule has 0 aliphatic carbocycles. The van der Waals surface area contributed by atoms with E-state index in [-0.39, 0.29) is 5.69 Å². The number of rotatable bonds is 1. The van der Waals surface area contributed by atoms with E-state index < -0.39 is 34.9 Å². The first kappa shape index (κ1) is 13.6. The predicted molar refractivity (Wildman–Crippen MR) is 59.2 cm³/mol. The number of anilines is 1. The van der Waals surface area contributed by atoms with E-state index in [9.17, 15) is 27.9 Å². The second-order valence-corrected chi connectivity index (χ2v) is 3.83. The molecule has 1 aliphatic rings. The highest BCUT2D eigenvalue weighted by atomic mass is 19.4. The summed E-state index contributed by atoms with van der Waals surface area (Å²) in [6, 6.07) is 4.57. The van der Waals surface area contributed by atoms with E-state index in [4.69, 9.17) is 5.26 Å². The topological polar surface area (TPSA) is 81.4 Å². The fourth-order valence-electron chi connectivity index (χ4n) is 1.65. The second kappa shape index (κ2) is 4.38. The molecule has 102 valence electrons. The third-order valence-electron chi connectivity index (χ3n) is 2.62. The number of imide groups is 1. The van der Waals surface area contributed by atoms with Crippen LogP contribution in [0.3, 0.4) is 0 Å². The number of halogens is 3. The Morgan fingerprint density at radius 1 is 1.10 bits per heavy atom. The van der Waals surface area contributed by atoms with Crippen LogP contribution >= 0.6 is 0 Å². The minimum absolute atomic E-state index is 0.162. The number of carbonyl (C=O) groups excluding carboxylic acids is 2. The molecule has 1 aromatic carbocycles. The third kappa shape index (κ3) is 1.99. The van der Waals surface area contributed by atoms with Gasteiger partial charge in [-0.15, -0.1) is 0 Å². The number of nitrogens with zero attached hydrogens (tertiary/aromatic N) is 2. The quantitative estimate of drug-likeness (QED) is 0.798. The lowest BCUT2D eigenvalue weighted by Gasteiger charge is -2.14. The third-order valence-corrected chi connectivity index (χ3v) is 2.62. The van der Waals surface area contributed by atoms with Crippen molar-refractivity contribution in [3.8, 4) is 6.07 Å². The summed E-state index contributed by atoms with van der Waals surface area (Å²) >= 11 is 0. The number of hydrogen-bond donors (Lipinski definition) is 1. The van der Waals surface area contributed by atoms with Gasteiger partial charge in [-0.3, -0.25) is 9.59 Å². The first-order valence-electron chi connectivity index (χ1n) is 5.16. The zero-order valence-electron chi connectivity index (χ0n) is 9.60. The molecule has 0 fully saturated rings. The Bertz CT molecular complexity index is 669. The second-order valence-electron chi connectivity index (χ2n) is 3.83. The average molecular weight is 282 g/mol. The maximum atomic E-state index is 12.4. The molecule has 1 aliphatic heterocycles. The normalized spacial score (nSPS) is 15.8. The van der Waals surface area contributed by atoms with E-state index in [1.165, 1.54) is 6.07 Å². The molecule has 2 rings (SSSR count). The highest BCUT2D eigenvalue weighted by Crippen LogP contribution is 2.32. The fourth-order valence-corrected chi connectivity index (χ4v) is 1.65. The Labute approximate surface area is 110 Å². The van der Waals surface area contributed by atoms with Crippen molar-refractivity contribution < 1.29 is 27.9 Å². The number of benzene rings is 1. The van der Waals surface area contributed by atoms with Crippen molar-refractivity contribution in [2.24, 2.45) is 0 Å². The van der Waals surface area contributed by atoms with Crippen LogP contribution in [0.1, 0.15) is 5.56 Å². The molecule has 8 heteroatoms. The summed E-state index contributed by atoms with van der Waals surface area (Å²) in [6.07, 6.45) is -4.55. The number of amides is 2. The lowest BCUT2D eigenvalue weighted by Crippen LogP contribution is -2.31. The molecule has 1 heterocycles. The van der Waals surface area contributed by atoms with Crippen LogP contribution in [0.5, 0.6) is 0 Å². The molecule has 0 aromatic heterocycles. The largest absolute Gasteiger partial charge is 0.502 e. The Balaban J connectivity index is 2.38. The molecule has 0 unspecified atom stereocenters. The predicted octanol–water partition coefficient (Wildman–Crippen LogP) is 1.91. The molecule has 2 amide bonds. The van der Waals surface area contributed by atoms with Gasteiger partial charge in [-0.1, -0.05) is 0 Å². The van der Waals surface area contributed by atoms with Gasteiger partial charge >= 0.3 is 12.1 Å². The summed E-state index contributed by atoms with van der Waals surface area (Å²) in [5.41, 5.74) is -1.85. The van der Waals surface area contributed by atoms with Crippen molar-refractivity contribution in [1.82, 2.24) is 0 Å². The summed E-state index contributed by atoms with van der Waals surface area (Å²) in [7, 11) is 0. The van der Waals surface area contributed by atoms with E-state index in [2.05, 4.69) is 0 Å². The van der Waals surface area contributed by atoms with Gasteiger partial charge in [0.1, 0.15) is 6.07 Å². The highest BCUT2D eigenvalue weighted by Gasteiger charge is 2.40. The van der Waals surface area contributed by atoms with Gasteiger partial charge in [0.2, 0.25) is 5.76 Å². The number of hydrogen-bond acceptors (Lipinski definition) is 4. The van der Waals surface area contributed by atoms with Crippen LogP contribution in [-0.2, 0) is 15.8 Å². The van der Waals surface area contributed by atoms with Crippen molar-refractivity contribution in [2.75, 3.05) is 4.90 Å². The zero-order chi connectivity index (χ0) is 15.1.